The molecule has 16 heteroatoms. The quantitative estimate of drug-likeness (QED) is 0.0229. The molecule has 2 aliphatic rings. The number of aliphatic carboxylic acids is 1. The number of aliphatic hydroxyl groups is 1. The number of hydrogen-bond donors (Lipinski definition) is 6. The summed E-state index contributed by atoms with van der Waals surface area (Å²) in [5.41, 5.74) is 7.05. The smallest absolute Gasteiger partial charge is 0.300 e. The van der Waals surface area contributed by atoms with Crippen molar-refractivity contribution in [2.24, 2.45) is 15.7 Å². The second kappa shape index (κ2) is 131. The Morgan fingerprint density at radius 3 is 1.14 bits per heavy atom. The van der Waals surface area contributed by atoms with Crippen LogP contribution in [0, 0.1) is 12.3 Å². The Hall–Kier alpha value is -3.22. The third-order valence-corrected chi connectivity index (χ3v) is 3.55. The number of unbranched alkanes of at least 4 members (excludes halogenated alkanes) is 1. The molecule has 0 aromatic heterocycles. The lowest BCUT2D eigenvalue weighted by Gasteiger charge is -1.76. The fraction of sp³-hybridized carbons (Fsp3) is 0.612. The largest absolute Gasteiger partial charge is 0.481 e. The van der Waals surface area contributed by atoms with Crippen molar-refractivity contribution in [1.82, 2.24) is 5.32 Å². The van der Waals surface area contributed by atoms with Crippen LogP contribution in [0.2, 0.25) is 0 Å². The Morgan fingerprint density at radius 2 is 1.12 bits per heavy atom. The lowest BCUT2D eigenvalue weighted by Crippen LogP contribution is -1.88. The number of rotatable bonds is 3. The molecule has 0 bridgehead atoms. The number of halogens is 1. The van der Waals surface area contributed by atoms with Crippen molar-refractivity contribution >= 4 is 63.8 Å². The van der Waals surface area contributed by atoms with Gasteiger partial charge in [0.25, 0.3) is 16.1 Å². The summed E-state index contributed by atoms with van der Waals surface area (Å²) < 4.78 is 30.6. The number of hydrogen-bond acceptors (Lipinski definition) is 12. The van der Waals surface area contributed by atoms with E-state index in [1.165, 1.54) is 50.7 Å². The molecule has 0 aromatic carbocycles. The number of aliphatic hydroxyl groups excluding tert-OH is 1. The van der Waals surface area contributed by atoms with Gasteiger partial charge in [0.1, 0.15) is 0 Å². The lowest BCUT2D eigenvalue weighted by molar-refractivity contribution is -0.134. The topological polar surface area (TPSA) is 214 Å². The molecule has 392 valence electrons. The minimum absolute atomic E-state index is 0.583. The predicted octanol–water partition coefficient (Wildman–Crippen LogP) is 13.4. The van der Waals surface area contributed by atoms with Gasteiger partial charge in [-0.1, -0.05) is 98.2 Å². The van der Waals surface area contributed by atoms with Crippen molar-refractivity contribution in [3.63, 3.8) is 0 Å². The second-order valence-corrected chi connectivity index (χ2v) is 13.6. The number of carbonyl (C=O) groups excluding carboxylic acids is 1. The number of epoxide rings is 1. The molecule has 2 heterocycles. The normalized spacial score (nSPS) is 10.9. The van der Waals surface area contributed by atoms with Gasteiger partial charge < -0.3 is 26.0 Å². The summed E-state index contributed by atoms with van der Waals surface area (Å²) >= 11 is 12.7. The van der Waals surface area contributed by atoms with Crippen LogP contribution in [0.15, 0.2) is 94.5 Å². The molecule has 0 saturated carbocycles. The molecule has 2 aliphatic heterocycles. The number of nitrogens with zero attached hydrogens (tertiary/aromatic N) is 2. The first-order valence-corrected chi connectivity index (χ1v) is 23.8. The highest BCUT2D eigenvalue weighted by Gasteiger charge is 2.13. The zero-order valence-electron chi connectivity index (χ0n) is 45.5. The standard InChI is InChI=1S/C6H12.2C5H10.2C4H8.C3H5Cl.C3H7N.C3H6O.C3H6.C3H4.C2H3NO.C2H3NS.C2H4O2.CH5N.CH4O3S.CH4O.CH4S/c1-3-5-6-4-2;1-4-5(2)3;1-3-5-4-2;1-4(2)3;1-3-4-2;1-3(2)4;2*1-3-2-4-3;2*1-3-2;2*1-3-2-4;1-2(3)4;1-2;1-5(2,3)4;2*1-2/h3,5H,4,6H2,1-2H3;4H,1-3H3;3,5H,4H2,1-2H3;1H2,2-3H3;3-4H,1-2H3;1H2,2H3;3-4H,2H2,1H3;3H,2H2,1H3;3H,1H2,2H3;1H,2H3;2*1H3;1H3,(H,3,4);2H2,1H3;1H3,(H,2,3,4);2*2H,1H3/b5-3+;;5-3+;;4-3+;;;;;;;;;;;;. The zero-order chi connectivity index (χ0) is 56.1. The van der Waals surface area contributed by atoms with Crippen LogP contribution in [-0.2, 0) is 24.4 Å². The first-order valence-electron chi connectivity index (χ1n) is 20.3. The number of thiocarbonyl (C=S) groups is 1. The first kappa shape index (κ1) is 104. The number of terminal acetylenes is 1. The van der Waals surface area contributed by atoms with Gasteiger partial charge in [-0.05, 0) is 135 Å². The van der Waals surface area contributed by atoms with Crippen LogP contribution in [0.4, 0.5) is 0 Å². The van der Waals surface area contributed by atoms with Crippen LogP contribution in [0.5, 0.6) is 0 Å². The van der Waals surface area contributed by atoms with Crippen LogP contribution in [0.25, 0.3) is 0 Å². The van der Waals surface area contributed by atoms with Crippen molar-refractivity contribution in [3.05, 3.63) is 84.5 Å². The van der Waals surface area contributed by atoms with Crippen molar-refractivity contribution in [2.45, 2.75) is 149 Å². The van der Waals surface area contributed by atoms with E-state index in [0.717, 1.165) is 33.1 Å². The number of isothiocyanates is 1. The maximum Gasteiger partial charge on any atom is 0.300 e. The number of carboxylic acid groups (broad SMARTS) is 1. The van der Waals surface area contributed by atoms with Crippen molar-refractivity contribution in [3.8, 4) is 12.3 Å². The van der Waals surface area contributed by atoms with E-state index in [9.17, 15) is 8.42 Å². The number of carbonyl (C=O) groups is 1. The van der Waals surface area contributed by atoms with Gasteiger partial charge >= 0.3 is 0 Å². The summed E-state index contributed by atoms with van der Waals surface area (Å²) in [6, 6.07) is 0.833. The Labute approximate surface area is 420 Å². The van der Waals surface area contributed by atoms with Crippen molar-refractivity contribution in [1.29, 1.82) is 0 Å². The van der Waals surface area contributed by atoms with Gasteiger partial charge in [-0.25, -0.2) is 14.8 Å². The van der Waals surface area contributed by atoms with Crippen molar-refractivity contribution in [2.75, 3.05) is 53.9 Å². The average molecular weight is 1010 g/mol. The van der Waals surface area contributed by atoms with E-state index in [4.69, 9.17) is 40.7 Å². The second-order valence-electron chi connectivity index (χ2n) is 11.3. The van der Waals surface area contributed by atoms with E-state index in [-0.39, 0.29) is 0 Å². The minimum atomic E-state index is -3.67. The van der Waals surface area contributed by atoms with Gasteiger partial charge in [0.2, 0.25) is 6.08 Å². The monoisotopic (exact) mass is 1010 g/mol. The maximum atomic E-state index is 9.19. The van der Waals surface area contributed by atoms with E-state index >= 15 is 0 Å². The number of carboxylic acids is 1. The highest BCUT2D eigenvalue weighted by molar-refractivity contribution is 7.85. The van der Waals surface area contributed by atoms with Gasteiger partial charge in [-0.15, -0.1) is 25.5 Å². The Balaban J connectivity index is -0.0000000317. The maximum absolute atomic E-state index is 9.19. The van der Waals surface area contributed by atoms with Crippen LogP contribution in [-0.4, -0.2) is 106 Å². The third-order valence-electron chi connectivity index (χ3n) is 3.37. The van der Waals surface area contributed by atoms with Gasteiger partial charge in [0.15, 0.2) is 0 Å². The summed E-state index contributed by atoms with van der Waals surface area (Å²) in [6.45, 7) is 45.6. The van der Waals surface area contributed by atoms with E-state index in [1.54, 1.807) is 33.2 Å². The molecule has 0 radical (unpaired) electrons. The van der Waals surface area contributed by atoms with Crippen LogP contribution in [0.3, 0.4) is 0 Å². The molecule has 2 rings (SSSR count). The van der Waals surface area contributed by atoms with Crippen LogP contribution >= 0.6 is 36.4 Å². The zero-order valence-corrected chi connectivity index (χ0v) is 48.8. The molecule has 6 N–H and O–H groups in total. The number of allylic oxidation sites excluding steroid dienone is 11. The number of nitrogens with one attached hydrogen (secondary N) is 1. The van der Waals surface area contributed by atoms with Gasteiger partial charge in [0, 0.05) is 45.7 Å². The van der Waals surface area contributed by atoms with Gasteiger partial charge in [-0.2, -0.15) is 21.0 Å². The fourth-order valence-corrected chi connectivity index (χ4v) is 0.783. The summed E-state index contributed by atoms with van der Waals surface area (Å²) in [5, 5.41) is 20.3. The molecule has 0 amide bonds. The van der Waals surface area contributed by atoms with E-state index < -0.39 is 16.1 Å². The van der Waals surface area contributed by atoms with Crippen LogP contribution < -0.4 is 11.1 Å². The Kier molecular flexibility index (Phi) is 210. The van der Waals surface area contributed by atoms with E-state index in [1.807, 2.05) is 60.6 Å². The first-order chi connectivity index (χ1) is 30.2. The molecule has 0 aromatic rings. The number of isocyanates is 1. The van der Waals surface area contributed by atoms with Crippen molar-refractivity contribution < 1.29 is 37.5 Å². The molecular weight excluding hydrogens is 904 g/mol. The SMILES string of the molecule is C#CC.C/C=C/C.C/C=C/CC.C/C=C/CCC.C=C(C)C.C=C(C)Cl.C=CC.CC(=O)O.CC1CN1.CC1CO1.CC=C(C)C.CN.CN=C=O.CN=C=S.CO.CS.CS(=O)(=O)O. The summed E-state index contributed by atoms with van der Waals surface area (Å²) in [6.07, 6.45) is 28.8. The molecule has 0 spiro atoms. The predicted molar refractivity (Wildman–Crippen MR) is 304 cm³/mol. The number of nitrogens with two attached hydrogens (primary N) is 1. The van der Waals surface area contributed by atoms with E-state index in [2.05, 4.69) is 162 Å². The molecule has 65 heavy (non-hydrogen) atoms. The molecule has 12 nitrogen and oxygen atoms in total. The number of thiol groups is 1. The summed E-state index contributed by atoms with van der Waals surface area (Å²) in [5.74, 6) is 1.42. The number of ether oxygens (including phenoxy) is 1. The minimum Gasteiger partial charge on any atom is -0.481 e. The lowest BCUT2D eigenvalue weighted by atomic mass is 10.3. The summed E-state index contributed by atoms with van der Waals surface area (Å²) in [7, 11) is 1.81. The van der Waals surface area contributed by atoms with E-state index in [0.29, 0.717) is 17.4 Å². The van der Waals surface area contributed by atoms with Gasteiger partial charge in [-0.3, -0.25) is 9.35 Å². The van der Waals surface area contributed by atoms with Crippen LogP contribution in [0.1, 0.15) is 137 Å². The fourth-order valence-electron chi connectivity index (χ4n) is 0.783. The molecule has 2 saturated heterocycles. The van der Waals surface area contributed by atoms with Gasteiger partial charge in [0.05, 0.1) is 24.1 Å². The Morgan fingerprint density at radius 1 is 0.938 bits per heavy atom. The Bertz CT molecular complexity index is 1130. The number of aliphatic imine (C=N–C) groups is 2. The molecule has 0 aliphatic carbocycles. The molecule has 2 fully saturated rings. The third kappa shape index (κ3) is 1290. The molecule has 2 atom stereocenters. The molecular formula is C49H103ClN4O8S3. The highest BCUT2D eigenvalue weighted by atomic mass is 35.5. The summed E-state index contributed by atoms with van der Waals surface area (Å²) in [4.78, 5) is 24.1. The average Bonchev–Trinajstić information content (AvgIpc) is 4.19. The highest BCUT2D eigenvalue weighted by Crippen LogP contribution is 2.04. The molecule has 2 unspecified atom stereocenters.